The summed E-state index contributed by atoms with van der Waals surface area (Å²) in [7, 11) is -3.06. The minimum atomic E-state index is -3.06. The number of aromatic nitrogens is 1. The molecule has 0 radical (unpaired) electrons. The van der Waals surface area contributed by atoms with E-state index in [1.165, 1.54) is 0 Å². The van der Waals surface area contributed by atoms with E-state index in [0.29, 0.717) is 19.6 Å². The average Bonchev–Trinajstić information content (AvgIpc) is 2.95. The van der Waals surface area contributed by atoms with E-state index in [9.17, 15) is 8.42 Å². The summed E-state index contributed by atoms with van der Waals surface area (Å²) in [5.74, 6) is 0.925. The Labute approximate surface area is 155 Å². The zero-order valence-electron chi connectivity index (χ0n) is 16.1. The van der Waals surface area contributed by atoms with Crippen molar-refractivity contribution in [1.29, 1.82) is 0 Å². The molecule has 6 nitrogen and oxygen atoms in total. The van der Waals surface area contributed by atoms with Gasteiger partial charge < -0.3 is 10.2 Å². The Bertz CT molecular complexity index is 730. The predicted octanol–water partition coefficient (Wildman–Crippen LogP) is 2.42. The van der Waals surface area contributed by atoms with Crippen molar-refractivity contribution in [2.45, 2.75) is 58.2 Å². The molecular formula is C17H30N4O2S2. The number of guanidine groups is 1. The topological polar surface area (TPSA) is 74.7 Å². The van der Waals surface area contributed by atoms with Crippen LogP contribution in [0.2, 0.25) is 0 Å². The first-order valence-electron chi connectivity index (χ1n) is 8.67. The molecule has 2 rings (SSSR count). The number of thiazole rings is 1. The molecule has 8 heteroatoms. The molecule has 2 heterocycles. The van der Waals surface area contributed by atoms with E-state index in [0.717, 1.165) is 23.2 Å². The quantitative estimate of drug-likeness (QED) is 0.638. The molecule has 1 aromatic rings. The van der Waals surface area contributed by atoms with E-state index < -0.39 is 14.6 Å². The van der Waals surface area contributed by atoms with Gasteiger partial charge in [-0.05, 0) is 20.8 Å². The minimum Gasteiger partial charge on any atom is -0.357 e. The van der Waals surface area contributed by atoms with Crippen LogP contribution < -0.4 is 5.32 Å². The molecule has 1 aromatic heterocycles. The average molecular weight is 387 g/mol. The van der Waals surface area contributed by atoms with Crippen LogP contribution in [0.4, 0.5) is 0 Å². The SMILES string of the molecule is CCNC(=NCc1nc(C(C)(C)C)cs1)N1CCS(=O)(=O)C(C)(C)C1. The molecule has 25 heavy (non-hydrogen) atoms. The maximum Gasteiger partial charge on any atom is 0.194 e. The van der Waals surface area contributed by atoms with Gasteiger partial charge in [-0.3, -0.25) is 0 Å². The van der Waals surface area contributed by atoms with Crippen LogP contribution in [-0.2, 0) is 21.8 Å². The van der Waals surface area contributed by atoms with Gasteiger partial charge in [0.2, 0.25) is 0 Å². The summed E-state index contributed by atoms with van der Waals surface area (Å²) in [6.07, 6.45) is 0. The van der Waals surface area contributed by atoms with Crippen LogP contribution in [0.3, 0.4) is 0 Å². The highest BCUT2D eigenvalue weighted by molar-refractivity contribution is 7.92. The largest absolute Gasteiger partial charge is 0.357 e. The number of nitrogens with one attached hydrogen (secondary N) is 1. The van der Waals surface area contributed by atoms with Gasteiger partial charge in [-0.2, -0.15) is 0 Å². The predicted molar refractivity (Wildman–Crippen MR) is 105 cm³/mol. The Morgan fingerprint density at radius 2 is 2.12 bits per heavy atom. The van der Waals surface area contributed by atoms with Gasteiger partial charge in [-0.1, -0.05) is 20.8 Å². The standard InChI is InChI=1S/C17H30N4O2S2/c1-7-18-15(21-8-9-25(22,23)17(5,6)12-21)19-10-14-20-13(11-24-14)16(2,3)4/h11H,7-10,12H2,1-6H3,(H,18,19). The maximum absolute atomic E-state index is 12.2. The zero-order chi connectivity index (χ0) is 18.9. The Morgan fingerprint density at radius 1 is 1.44 bits per heavy atom. The first-order chi connectivity index (χ1) is 11.5. The highest BCUT2D eigenvalue weighted by Gasteiger charge is 2.40. The van der Waals surface area contributed by atoms with Crippen LogP contribution in [-0.4, -0.2) is 54.4 Å². The van der Waals surface area contributed by atoms with Crippen molar-refractivity contribution >= 4 is 27.1 Å². The summed E-state index contributed by atoms with van der Waals surface area (Å²) in [4.78, 5) is 11.4. The highest BCUT2D eigenvalue weighted by Crippen LogP contribution is 2.25. The molecule has 0 atom stereocenters. The first kappa shape index (κ1) is 20.2. The lowest BCUT2D eigenvalue weighted by Gasteiger charge is -2.39. The van der Waals surface area contributed by atoms with Crippen LogP contribution in [0.1, 0.15) is 52.2 Å². The second-order valence-corrected chi connectivity index (χ2v) is 11.7. The van der Waals surface area contributed by atoms with Crippen molar-refractivity contribution in [2.75, 3.05) is 25.4 Å². The van der Waals surface area contributed by atoms with E-state index >= 15 is 0 Å². The summed E-state index contributed by atoms with van der Waals surface area (Å²) < 4.78 is 23.7. The smallest absolute Gasteiger partial charge is 0.194 e. The first-order valence-corrected chi connectivity index (χ1v) is 11.2. The van der Waals surface area contributed by atoms with Gasteiger partial charge in [0.25, 0.3) is 0 Å². The van der Waals surface area contributed by atoms with Gasteiger partial charge in [0, 0.05) is 30.4 Å². The molecule has 0 unspecified atom stereocenters. The molecule has 142 valence electrons. The van der Waals surface area contributed by atoms with Crippen LogP contribution in [0, 0.1) is 0 Å². The maximum atomic E-state index is 12.2. The van der Waals surface area contributed by atoms with E-state index in [2.05, 4.69) is 36.5 Å². The van der Waals surface area contributed by atoms with Gasteiger partial charge in [0.05, 0.1) is 22.7 Å². The number of nitrogens with zero attached hydrogens (tertiary/aromatic N) is 3. The Balaban J connectivity index is 2.15. The minimum absolute atomic E-state index is 0.0359. The molecule has 0 bridgehead atoms. The monoisotopic (exact) mass is 386 g/mol. The lowest BCUT2D eigenvalue weighted by Crippen LogP contribution is -2.57. The van der Waals surface area contributed by atoms with Gasteiger partial charge in [0.15, 0.2) is 15.8 Å². The summed E-state index contributed by atoms with van der Waals surface area (Å²) in [6.45, 7) is 14.2. The zero-order valence-corrected chi connectivity index (χ0v) is 17.7. The number of sulfone groups is 1. The Hall–Kier alpha value is -1.15. The van der Waals surface area contributed by atoms with E-state index in [4.69, 9.17) is 4.99 Å². The fourth-order valence-electron chi connectivity index (χ4n) is 2.62. The lowest BCUT2D eigenvalue weighted by atomic mass is 9.93. The van der Waals surface area contributed by atoms with E-state index in [1.807, 2.05) is 11.8 Å². The normalized spacial score (nSPS) is 20.6. The highest BCUT2D eigenvalue weighted by atomic mass is 32.2. The summed E-state index contributed by atoms with van der Waals surface area (Å²) >= 11 is 1.62. The summed E-state index contributed by atoms with van der Waals surface area (Å²) in [6, 6.07) is 0. The number of rotatable bonds is 3. The van der Waals surface area contributed by atoms with Crippen molar-refractivity contribution < 1.29 is 8.42 Å². The van der Waals surface area contributed by atoms with Crippen LogP contribution in [0.25, 0.3) is 0 Å². The summed E-state index contributed by atoms with van der Waals surface area (Å²) in [5, 5.41) is 6.35. The molecule has 0 amide bonds. The van der Waals surface area contributed by atoms with Crippen LogP contribution in [0.5, 0.6) is 0 Å². The lowest BCUT2D eigenvalue weighted by molar-refractivity contribution is 0.353. The van der Waals surface area contributed by atoms with Gasteiger partial charge >= 0.3 is 0 Å². The molecule has 1 fully saturated rings. The molecule has 0 saturated carbocycles. The van der Waals surface area contributed by atoms with E-state index in [1.54, 1.807) is 25.2 Å². The fourth-order valence-corrected chi connectivity index (χ4v) is 4.93. The molecule has 1 aliphatic rings. The van der Waals surface area contributed by atoms with Crippen molar-refractivity contribution in [1.82, 2.24) is 15.2 Å². The van der Waals surface area contributed by atoms with Crippen molar-refractivity contribution in [3.63, 3.8) is 0 Å². The van der Waals surface area contributed by atoms with Gasteiger partial charge in [-0.15, -0.1) is 11.3 Å². The molecular weight excluding hydrogens is 356 g/mol. The van der Waals surface area contributed by atoms with Crippen molar-refractivity contribution in [2.24, 2.45) is 4.99 Å². The van der Waals surface area contributed by atoms with Crippen LogP contribution >= 0.6 is 11.3 Å². The number of hydrogen-bond donors (Lipinski definition) is 1. The summed E-state index contributed by atoms with van der Waals surface area (Å²) in [5.41, 5.74) is 1.12. The molecule has 1 saturated heterocycles. The number of aliphatic imine (C=N–C) groups is 1. The molecule has 1 N–H and O–H groups in total. The Kier molecular flexibility index (Phi) is 5.83. The van der Waals surface area contributed by atoms with E-state index in [-0.39, 0.29) is 11.2 Å². The third-order valence-corrected chi connectivity index (χ3v) is 7.73. The second-order valence-electron chi connectivity index (χ2n) is 8.05. The molecule has 0 aromatic carbocycles. The Morgan fingerprint density at radius 3 is 2.64 bits per heavy atom. The molecule has 0 spiro atoms. The molecule has 0 aliphatic carbocycles. The van der Waals surface area contributed by atoms with Gasteiger partial charge in [-0.25, -0.2) is 18.4 Å². The fraction of sp³-hybridized carbons (Fsp3) is 0.765. The second kappa shape index (κ2) is 7.23. The number of hydrogen-bond acceptors (Lipinski definition) is 5. The van der Waals surface area contributed by atoms with Crippen molar-refractivity contribution in [3.05, 3.63) is 16.1 Å². The molecule has 1 aliphatic heterocycles. The van der Waals surface area contributed by atoms with Gasteiger partial charge in [0.1, 0.15) is 5.01 Å². The van der Waals surface area contributed by atoms with Crippen molar-refractivity contribution in [3.8, 4) is 0 Å². The van der Waals surface area contributed by atoms with Crippen LogP contribution in [0.15, 0.2) is 10.4 Å². The third kappa shape index (κ3) is 4.73. The third-order valence-electron chi connectivity index (χ3n) is 4.36.